The summed E-state index contributed by atoms with van der Waals surface area (Å²) < 4.78 is 1.03. The van der Waals surface area contributed by atoms with Crippen molar-refractivity contribution in [1.82, 2.24) is 0 Å². The van der Waals surface area contributed by atoms with Crippen molar-refractivity contribution in [3.05, 3.63) is 27.2 Å². The Morgan fingerprint density at radius 2 is 2.26 bits per heavy atom. The summed E-state index contributed by atoms with van der Waals surface area (Å²) in [5.41, 5.74) is 2.08. The van der Waals surface area contributed by atoms with Crippen molar-refractivity contribution in [2.45, 2.75) is 32.2 Å². The van der Waals surface area contributed by atoms with Crippen LogP contribution in [0.2, 0.25) is 5.02 Å². The van der Waals surface area contributed by atoms with Gasteiger partial charge in [-0.2, -0.15) is 0 Å². The smallest absolute Gasteiger partial charge is 0.161 e. The van der Waals surface area contributed by atoms with Crippen molar-refractivity contribution in [3.63, 3.8) is 0 Å². The fourth-order valence-corrected chi connectivity index (χ4v) is 4.55. The molecule has 0 bridgehead atoms. The molecule has 2 aliphatic rings. The zero-order valence-electron chi connectivity index (χ0n) is 10.7. The van der Waals surface area contributed by atoms with Crippen LogP contribution < -0.4 is 5.32 Å². The van der Waals surface area contributed by atoms with Crippen LogP contribution in [0.1, 0.15) is 24.8 Å². The zero-order chi connectivity index (χ0) is 13.4. The van der Waals surface area contributed by atoms with Crippen molar-refractivity contribution >= 4 is 50.1 Å². The second kappa shape index (κ2) is 5.66. The first kappa shape index (κ1) is 13.8. The number of aliphatic imine (C=N–C) groups is 1. The average molecular weight is 360 g/mol. The highest BCUT2D eigenvalue weighted by atomic mass is 79.9. The molecule has 1 aliphatic carbocycles. The highest BCUT2D eigenvalue weighted by molar-refractivity contribution is 9.10. The normalized spacial score (nSPS) is 25.9. The predicted molar refractivity (Wildman–Crippen MR) is 88.5 cm³/mol. The van der Waals surface area contributed by atoms with Crippen molar-refractivity contribution in [1.29, 1.82) is 0 Å². The van der Waals surface area contributed by atoms with Crippen LogP contribution in [-0.2, 0) is 0 Å². The molecular weight excluding hydrogens is 344 g/mol. The quantitative estimate of drug-likeness (QED) is 0.755. The minimum atomic E-state index is 0.531. The number of amidine groups is 1. The lowest BCUT2D eigenvalue weighted by atomic mass is 10.1. The van der Waals surface area contributed by atoms with Gasteiger partial charge in [-0.3, -0.25) is 4.99 Å². The van der Waals surface area contributed by atoms with E-state index in [-0.39, 0.29) is 0 Å². The third-order valence-corrected chi connectivity index (χ3v) is 5.97. The zero-order valence-corrected chi connectivity index (χ0v) is 13.9. The molecule has 1 heterocycles. The van der Waals surface area contributed by atoms with E-state index >= 15 is 0 Å². The minimum absolute atomic E-state index is 0.531. The Morgan fingerprint density at radius 3 is 3.11 bits per heavy atom. The van der Waals surface area contributed by atoms with Gasteiger partial charge < -0.3 is 5.32 Å². The molecule has 2 unspecified atom stereocenters. The van der Waals surface area contributed by atoms with E-state index in [4.69, 9.17) is 16.6 Å². The summed E-state index contributed by atoms with van der Waals surface area (Å²) in [6, 6.07) is 4.53. The van der Waals surface area contributed by atoms with Gasteiger partial charge in [0.25, 0.3) is 0 Å². The molecule has 0 amide bonds. The van der Waals surface area contributed by atoms with Crippen LogP contribution in [-0.4, -0.2) is 17.0 Å². The topological polar surface area (TPSA) is 24.4 Å². The fourth-order valence-electron chi connectivity index (χ4n) is 2.68. The molecule has 0 spiro atoms. The summed E-state index contributed by atoms with van der Waals surface area (Å²) >= 11 is 11.6. The summed E-state index contributed by atoms with van der Waals surface area (Å²) in [5.74, 6) is 1.98. The number of hydrogen-bond acceptors (Lipinski definition) is 3. The summed E-state index contributed by atoms with van der Waals surface area (Å²) in [7, 11) is 0. The van der Waals surface area contributed by atoms with E-state index < -0.39 is 0 Å². The van der Waals surface area contributed by atoms with Crippen molar-refractivity contribution in [3.8, 4) is 0 Å². The molecule has 1 saturated carbocycles. The largest absolute Gasteiger partial charge is 0.334 e. The van der Waals surface area contributed by atoms with Gasteiger partial charge in [-0.05, 0) is 59.3 Å². The SMILES string of the molecule is Cc1cc(Br)c(NC2=NC3CCCC3CS2)cc1Cl. The molecule has 2 nitrogen and oxygen atoms in total. The summed E-state index contributed by atoms with van der Waals surface area (Å²) in [5, 5.41) is 5.23. The highest BCUT2D eigenvalue weighted by Gasteiger charge is 2.31. The average Bonchev–Trinajstić information content (AvgIpc) is 2.83. The molecule has 0 radical (unpaired) electrons. The van der Waals surface area contributed by atoms with E-state index in [2.05, 4.69) is 21.2 Å². The number of benzene rings is 1. The van der Waals surface area contributed by atoms with Crippen LogP contribution in [0.25, 0.3) is 0 Å². The van der Waals surface area contributed by atoms with Gasteiger partial charge in [0.1, 0.15) is 0 Å². The lowest BCUT2D eigenvalue weighted by Crippen LogP contribution is -2.25. The lowest BCUT2D eigenvalue weighted by molar-refractivity contribution is 0.535. The maximum atomic E-state index is 6.19. The third kappa shape index (κ3) is 2.96. The van der Waals surface area contributed by atoms with Crippen LogP contribution in [0.4, 0.5) is 5.69 Å². The van der Waals surface area contributed by atoms with E-state index in [0.717, 1.165) is 31.8 Å². The molecule has 0 aromatic heterocycles. The number of nitrogens with zero attached hydrogens (tertiary/aromatic N) is 1. The van der Waals surface area contributed by atoms with Gasteiger partial charge in [-0.25, -0.2) is 0 Å². The number of nitrogens with one attached hydrogen (secondary N) is 1. The van der Waals surface area contributed by atoms with E-state index in [1.165, 1.54) is 25.0 Å². The van der Waals surface area contributed by atoms with E-state index in [0.29, 0.717) is 6.04 Å². The lowest BCUT2D eigenvalue weighted by Gasteiger charge is -2.24. The molecular formula is C14H16BrClN2S. The Kier molecular flexibility index (Phi) is 4.11. The Morgan fingerprint density at radius 1 is 1.42 bits per heavy atom. The summed E-state index contributed by atoms with van der Waals surface area (Å²) in [6.07, 6.45) is 3.91. The van der Waals surface area contributed by atoms with Crippen LogP contribution in [0, 0.1) is 12.8 Å². The van der Waals surface area contributed by atoms with Crippen LogP contribution in [0.15, 0.2) is 21.6 Å². The maximum Gasteiger partial charge on any atom is 0.161 e. The van der Waals surface area contributed by atoms with E-state index in [1.54, 1.807) is 0 Å². The molecule has 5 heteroatoms. The third-order valence-electron chi connectivity index (χ3n) is 3.83. The highest BCUT2D eigenvalue weighted by Crippen LogP contribution is 2.37. The first-order valence-corrected chi connectivity index (χ1v) is 8.72. The Bertz CT molecular complexity index is 532. The Hall–Kier alpha value is -0.190. The maximum absolute atomic E-state index is 6.19. The first-order chi connectivity index (χ1) is 9.13. The van der Waals surface area contributed by atoms with Gasteiger partial charge in [0, 0.05) is 15.2 Å². The van der Waals surface area contributed by atoms with Gasteiger partial charge in [-0.1, -0.05) is 29.8 Å². The molecule has 3 rings (SSSR count). The number of halogens is 2. The number of aryl methyl sites for hydroxylation is 1. The molecule has 19 heavy (non-hydrogen) atoms. The van der Waals surface area contributed by atoms with E-state index in [1.807, 2.05) is 30.8 Å². The molecule has 1 aliphatic heterocycles. The van der Waals surface area contributed by atoms with Crippen LogP contribution in [0.3, 0.4) is 0 Å². The Labute approximate surface area is 131 Å². The summed E-state index contributed by atoms with van der Waals surface area (Å²) in [6.45, 7) is 2.01. The molecule has 102 valence electrons. The van der Waals surface area contributed by atoms with Gasteiger partial charge in [-0.15, -0.1) is 0 Å². The second-order valence-electron chi connectivity index (χ2n) is 5.21. The monoisotopic (exact) mass is 358 g/mol. The van der Waals surface area contributed by atoms with Gasteiger partial charge >= 0.3 is 0 Å². The predicted octanol–water partition coefficient (Wildman–Crippen LogP) is 5.09. The number of anilines is 1. The molecule has 0 saturated heterocycles. The van der Waals surface area contributed by atoms with Gasteiger partial charge in [0.05, 0.1) is 11.7 Å². The molecule has 1 aromatic rings. The molecule has 1 aromatic carbocycles. The summed E-state index contributed by atoms with van der Waals surface area (Å²) in [4.78, 5) is 4.84. The number of thioether (sulfide) groups is 1. The number of rotatable bonds is 1. The fraction of sp³-hybridized carbons (Fsp3) is 0.500. The van der Waals surface area contributed by atoms with Crippen LogP contribution in [0.5, 0.6) is 0 Å². The standard InChI is InChI=1S/C14H16BrClN2S/c1-8-5-10(15)13(6-11(8)16)18-14-17-12-4-2-3-9(12)7-19-14/h5-6,9,12H,2-4,7H2,1H3,(H,17,18). The van der Waals surface area contributed by atoms with Crippen molar-refractivity contribution < 1.29 is 0 Å². The first-order valence-electron chi connectivity index (χ1n) is 6.57. The van der Waals surface area contributed by atoms with Gasteiger partial charge in [0.2, 0.25) is 0 Å². The molecule has 1 N–H and O–H groups in total. The van der Waals surface area contributed by atoms with Crippen LogP contribution >= 0.6 is 39.3 Å². The molecule has 1 fully saturated rings. The van der Waals surface area contributed by atoms with Crippen molar-refractivity contribution in [2.24, 2.45) is 10.9 Å². The number of fused-ring (bicyclic) bond motifs is 1. The van der Waals surface area contributed by atoms with Crippen molar-refractivity contribution in [2.75, 3.05) is 11.1 Å². The Balaban J connectivity index is 1.80. The number of hydrogen-bond donors (Lipinski definition) is 1. The van der Waals surface area contributed by atoms with E-state index in [9.17, 15) is 0 Å². The second-order valence-corrected chi connectivity index (χ2v) is 7.48. The van der Waals surface area contributed by atoms with Gasteiger partial charge in [0.15, 0.2) is 5.17 Å². The molecule has 2 atom stereocenters. The minimum Gasteiger partial charge on any atom is -0.334 e.